The fraction of sp³-hybridized carbons (Fsp3) is 0.105. The summed E-state index contributed by atoms with van der Waals surface area (Å²) < 4.78 is 8.08. The molecule has 0 radical (unpaired) electrons. The van der Waals surface area contributed by atoms with E-state index in [1.54, 1.807) is 29.3 Å². The number of rotatable bonds is 6. The molecule has 0 spiro atoms. The van der Waals surface area contributed by atoms with Crippen molar-refractivity contribution in [3.63, 3.8) is 0 Å². The Bertz CT molecular complexity index is 943. The lowest BCUT2D eigenvalue weighted by molar-refractivity contribution is 0.344. The third-order valence-corrected chi connectivity index (χ3v) is 5.89. The predicted molar refractivity (Wildman–Crippen MR) is 104 cm³/mol. The second-order valence-electron chi connectivity index (χ2n) is 5.41. The Kier molecular flexibility index (Phi) is 4.63. The molecule has 0 saturated heterocycles. The number of hydrogen-bond donors (Lipinski definition) is 2. The van der Waals surface area contributed by atoms with Gasteiger partial charge in [0.2, 0.25) is 0 Å². The molecule has 2 aromatic carbocycles. The van der Waals surface area contributed by atoms with Crippen LogP contribution in [0.15, 0.2) is 65.1 Å². The molecule has 6 heteroatoms. The van der Waals surface area contributed by atoms with E-state index >= 15 is 0 Å². The van der Waals surface area contributed by atoms with Crippen molar-refractivity contribution in [3.05, 3.63) is 60.8 Å². The van der Waals surface area contributed by atoms with Crippen LogP contribution in [0, 0.1) is 0 Å². The highest BCUT2D eigenvalue weighted by atomic mass is 32.2. The van der Waals surface area contributed by atoms with E-state index < -0.39 is 0 Å². The van der Waals surface area contributed by atoms with Gasteiger partial charge in [-0.05, 0) is 35.9 Å². The van der Waals surface area contributed by atoms with Crippen LogP contribution in [-0.2, 0) is 0 Å². The number of aromatic hydroxyl groups is 1. The molecule has 2 N–H and O–H groups in total. The molecule has 0 amide bonds. The summed E-state index contributed by atoms with van der Waals surface area (Å²) in [6.07, 6.45) is 1.72. The summed E-state index contributed by atoms with van der Waals surface area (Å²) in [4.78, 5) is 7.37. The SMILES string of the molecule is Oc1[nH]ccc1-c1ccc(OCCSc2nc3ccccc3s2)cc1. The monoisotopic (exact) mass is 368 g/mol. The molecule has 126 valence electrons. The van der Waals surface area contributed by atoms with E-state index in [-0.39, 0.29) is 5.88 Å². The average Bonchev–Trinajstić information content (AvgIpc) is 3.25. The van der Waals surface area contributed by atoms with Crippen LogP contribution >= 0.6 is 23.1 Å². The van der Waals surface area contributed by atoms with Crippen LogP contribution in [0.2, 0.25) is 0 Å². The van der Waals surface area contributed by atoms with Crippen LogP contribution in [-0.4, -0.2) is 27.4 Å². The molecular formula is C19H16N2O2S2. The van der Waals surface area contributed by atoms with Crippen LogP contribution in [0.4, 0.5) is 0 Å². The minimum absolute atomic E-state index is 0.181. The number of thiazole rings is 1. The van der Waals surface area contributed by atoms with Gasteiger partial charge in [0.1, 0.15) is 5.75 Å². The van der Waals surface area contributed by atoms with Crippen molar-refractivity contribution in [2.45, 2.75) is 4.34 Å². The number of benzene rings is 2. The molecular weight excluding hydrogens is 352 g/mol. The average molecular weight is 368 g/mol. The maximum Gasteiger partial charge on any atom is 0.196 e. The molecule has 25 heavy (non-hydrogen) atoms. The number of nitrogens with zero attached hydrogens (tertiary/aromatic N) is 1. The maximum absolute atomic E-state index is 9.71. The number of H-pyrrole nitrogens is 1. The zero-order chi connectivity index (χ0) is 17.1. The van der Waals surface area contributed by atoms with Gasteiger partial charge >= 0.3 is 0 Å². The summed E-state index contributed by atoms with van der Waals surface area (Å²) in [5, 5.41) is 9.71. The molecule has 0 aliphatic rings. The number of hydrogen-bond acceptors (Lipinski definition) is 5. The fourth-order valence-electron chi connectivity index (χ4n) is 2.53. The maximum atomic E-state index is 9.71. The number of ether oxygens (including phenoxy) is 1. The molecule has 0 fully saturated rings. The van der Waals surface area contributed by atoms with E-state index in [4.69, 9.17) is 4.74 Å². The van der Waals surface area contributed by atoms with Gasteiger partial charge in [-0.3, -0.25) is 0 Å². The van der Waals surface area contributed by atoms with E-state index in [2.05, 4.69) is 16.0 Å². The van der Waals surface area contributed by atoms with E-state index in [0.717, 1.165) is 32.5 Å². The van der Waals surface area contributed by atoms with Crippen molar-refractivity contribution in [1.29, 1.82) is 0 Å². The van der Waals surface area contributed by atoms with Gasteiger partial charge in [0.15, 0.2) is 10.2 Å². The lowest BCUT2D eigenvalue weighted by Crippen LogP contribution is -1.99. The highest BCUT2D eigenvalue weighted by Gasteiger charge is 2.06. The second-order valence-corrected chi connectivity index (χ2v) is 7.78. The van der Waals surface area contributed by atoms with Crippen LogP contribution in [0.1, 0.15) is 0 Å². The first kappa shape index (κ1) is 16.1. The Balaban J connectivity index is 1.30. The summed E-state index contributed by atoms with van der Waals surface area (Å²) in [5.41, 5.74) is 2.80. The van der Waals surface area contributed by atoms with Gasteiger partial charge in [-0.25, -0.2) is 4.98 Å². The normalized spacial score (nSPS) is 11.0. The number of aromatic nitrogens is 2. The predicted octanol–water partition coefficient (Wildman–Crippen LogP) is 5.17. The second kappa shape index (κ2) is 7.21. The van der Waals surface area contributed by atoms with Crippen LogP contribution < -0.4 is 4.74 Å². The first-order valence-electron chi connectivity index (χ1n) is 7.87. The Labute approximate surface area is 153 Å². The highest BCUT2D eigenvalue weighted by Crippen LogP contribution is 2.30. The Morgan fingerprint density at radius 1 is 1.08 bits per heavy atom. The third-order valence-electron chi connectivity index (χ3n) is 3.74. The van der Waals surface area contributed by atoms with Crippen LogP contribution in [0.25, 0.3) is 21.3 Å². The summed E-state index contributed by atoms with van der Waals surface area (Å²) in [5.74, 6) is 1.85. The van der Waals surface area contributed by atoms with E-state index in [0.29, 0.717) is 6.61 Å². The summed E-state index contributed by atoms with van der Waals surface area (Å²) >= 11 is 3.43. The van der Waals surface area contributed by atoms with Crippen LogP contribution in [0.5, 0.6) is 11.6 Å². The zero-order valence-electron chi connectivity index (χ0n) is 13.3. The molecule has 0 bridgehead atoms. The van der Waals surface area contributed by atoms with Crippen LogP contribution in [0.3, 0.4) is 0 Å². The number of fused-ring (bicyclic) bond motifs is 1. The standard InChI is InChI=1S/C19H16N2O2S2/c22-18-15(9-10-20-18)13-5-7-14(8-6-13)23-11-12-24-19-21-16-3-1-2-4-17(16)25-19/h1-10,20,22H,11-12H2. The molecule has 0 aliphatic carbocycles. The molecule has 4 aromatic rings. The largest absolute Gasteiger partial charge is 0.494 e. The van der Waals surface area contributed by atoms with Gasteiger partial charge in [0, 0.05) is 17.5 Å². The van der Waals surface area contributed by atoms with E-state index in [9.17, 15) is 5.11 Å². The van der Waals surface area contributed by atoms with Gasteiger partial charge in [0.25, 0.3) is 0 Å². The van der Waals surface area contributed by atoms with Gasteiger partial charge in [-0.2, -0.15) is 0 Å². The van der Waals surface area contributed by atoms with Gasteiger partial charge in [0.05, 0.1) is 16.8 Å². The topological polar surface area (TPSA) is 58.1 Å². The first-order chi connectivity index (χ1) is 12.3. The van der Waals surface area contributed by atoms with Crippen molar-refractivity contribution in [1.82, 2.24) is 9.97 Å². The van der Waals surface area contributed by atoms with Gasteiger partial charge in [-0.1, -0.05) is 36.0 Å². The van der Waals surface area contributed by atoms with E-state index in [1.807, 2.05) is 48.5 Å². The molecule has 0 unspecified atom stereocenters. The zero-order valence-corrected chi connectivity index (χ0v) is 14.9. The quantitative estimate of drug-likeness (QED) is 0.364. The molecule has 2 heterocycles. The van der Waals surface area contributed by atoms with E-state index in [1.165, 1.54) is 4.70 Å². The summed E-state index contributed by atoms with van der Waals surface area (Å²) in [7, 11) is 0. The molecule has 4 rings (SSSR count). The number of para-hydroxylation sites is 1. The van der Waals surface area contributed by atoms with Crippen molar-refractivity contribution >= 4 is 33.3 Å². The van der Waals surface area contributed by atoms with Crippen molar-refractivity contribution < 1.29 is 9.84 Å². The van der Waals surface area contributed by atoms with Gasteiger partial charge < -0.3 is 14.8 Å². The van der Waals surface area contributed by atoms with Crippen molar-refractivity contribution in [2.75, 3.05) is 12.4 Å². The lowest BCUT2D eigenvalue weighted by Gasteiger charge is -2.06. The lowest BCUT2D eigenvalue weighted by atomic mass is 10.1. The Morgan fingerprint density at radius 2 is 1.92 bits per heavy atom. The number of aromatic amines is 1. The molecule has 4 nitrogen and oxygen atoms in total. The number of nitrogens with one attached hydrogen (secondary N) is 1. The minimum Gasteiger partial charge on any atom is -0.494 e. The molecule has 2 aromatic heterocycles. The van der Waals surface area contributed by atoms with Gasteiger partial charge in [-0.15, -0.1) is 11.3 Å². The molecule has 0 atom stereocenters. The Morgan fingerprint density at radius 3 is 2.68 bits per heavy atom. The summed E-state index contributed by atoms with van der Waals surface area (Å²) in [6, 6.07) is 17.8. The first-order valence-corrected chi connectivity index (χ1v) is 9.68. The fourth-order valence-corrected chi connectivity index (χ4v) is 4.48. The third kappa shape index (κ3) is 3.65. The van der Waals surface area contributed by atoms with Crippen molar-refractivity contribution in [3.8, 4) is 22.8 Å². The number of thioether (sulfide) groups is 1. The molecule has 0 saturated carbocycles. The smallest absolute Gasteiger partial charge is 0.196 e. The molecule has 0 aliphatic heterocycles. The highest BCUT2D eigenvalue weighted by molar-refractivity contribution is 8.01. The Hall–Kier alpha value is -2.44. The van der Waals surface area contributed by atoms with Crippen molar-refractivity contribution in [2.24, 2.45) is 0 Å². The summed E-state index contributed by atoms with van der Waals surface area (Å²) in [6.45, 7) is 0.620. The minimum atomic E-state index is 0.181.